The first-order valence-corrected chi connectivity index (χ1v) is 5.67. The van der Waals surface area contributed by atoms with Crippen LogP contribution in [0.4, 0.5) is 8.78 Å². The van der Waals surface area contributed by atoms with E-state index < -0.39 is 17.4 Å². The van der Waals surface area contributed by atoms with E-state index in [-0.39, 0.29) is 17.1 Å². The Morgan fingerprint density at radius 1 is 0.950 bits per heavy atom. The van der Waals surface area contributed by atoms with Gasteiger partial charge in [0.15, 0.2) is 28.9 Å². The van der Waals surface area contributed by atoms with Crippen LogP contribution in [-0.2, 0) is 0 Å². The summed E-state index contributed by atoms with van der Waals surface area (Å²) in [6, 6.07) is 6.91. The maximum Gasteiger partial charge on any atom is 0.185 e. The Labute approximate surface area is 113 Å². The predicted octanol–water partition coefficient (Wildman–Crippen LogP) is 3.27. The number of carbonyl (C=O) groups is 1. The minimum atomic E-state index is -1.09. The highest BCUT2D eigenvalue weighted by Gasteiger charge is 2.07. The number of benzene rings is 2. The zero-order chi connectivity index (χ0) is 14.7. The molecule has 0 radical (unpaired) electrons. The number of aromatic hydroxyl groups is 2. The minimum Gasteiger partial charge on any atom is -0.504 e. The molecule has 20 heavy (non-hydrogen) atoms. The van der Waals surface area contributed by atoms with Crippen molar-refractivity contribution in [2.45, 2.75) is 0 Å². The van der Waals surface area contributed by atoms with Crippen LogP contribution < -0.4 is 0 Å². The van der Waals surface area contributed by atoms with E-state index in [1.54, 1.807) is 0 Å². The lowest BCUT2D eigenvalue weighted by Crippen LogP contribution is -1.96. The van der Waals surface area contributed by atoms with Gasteiger partial charge in [0.2, 0.25) is 0 Å². The summed E-state index contributed by atoms with van der Waals surface area (Å²) in [6.45, 7) is 0. The van der Waals surface area contributed by atoms with E-state index in [1.807, 2.05) is 0 Å². The van der Waals surface area contributed by atoms with E-state index in [9.17, 15) is 18.7 Å². The molecule has 5 heteroatoms. The third-order valence-corrected chi connectivity index (χ3v) is 2.63. The van der Waals surface area contributed by atoms with Crippen molar-refractivity contribution in [2.24, 2.45) is 0 Å². The van der Waals surface area contributed by atoms with Crippen LogP contribution in [0, 0.1) is 11.6 Å². The Kier molecular flexibility index (Phi) is 3.79. The normalized spacial score (nSPS) is 10.9. The first-order valence-electron chi connectivity index (χ1n) is 5.67. The quantitative estimate of drug-likeness (QED) is 0.514. The zero-order valence-corrected chi connectivity index (χ0v) is 10.2. The summed E-state index contributed by atoms with van der Waals surface area (Å²) in [6.07, 6.45) is 2.56. The topological polar surface area (TPSA) is 57.5 Å². The van der Waals surface area contributed by atoms with Crippen molar-refractivity contribution in [1.29, 1.82) is 0 Å². The number of halogens is 2. The van der Waals surface area contributed by atoms with Gasteiger partial charge in [-0.25, -0.2) is 8.78 Å². The highest BCUT2D eigenvalue weighted by molar-refractivity contribution is 6.06. The van der Waals surface area contributed by atoms with Gasteiger partial charge >= 0.3 is 0 Å². The van der Waals surface area contributed by atoms with Gasteiger partial charge in [0.05, 0.1) is 0 Å². The Balaban J connectivity index is 2.19. The molecule has 0 aliphatic carbocycles. The van der Waals surface area contributed by atoms with E-state index in [1.165, 1.54) is 36.4 Å². The Hall–Kier alpha value is -2.69. The summed E-state index contributed by atoms with van der Waals surface area (Å²) in [7, 11) is 0. The van der Waals surface area contributed by atoms with Gasteiger partial charge in [-0.05, 0) is 42.0 Å². The molecule has 2 N–H and O–H groups in total. The Bertz CT molecular complexity index is 694. The van der Waals surface area contributed by atoms with Gasteiger partial charge in [-0.2, -0.15) is 0 Å². The Morgan fingerprint density at radius 2 is 1.70 bits per heavy atom. The average Bonchev–Trinajstić information content (AvgIpc) is 2.43. The summed E-state index contributed by atoms with van der Waals surface area (Å²) < 4.78 is 25.7. The van der Waals surface area contributed by atoms with Crippen molar-refractivity contribution < 1.29 is 23.8 Å². The van der Waals surface area contributed by atoms with Crippen LogP contribution in [0.1, 0.15) is 15.9 Å². The highest BCUT2D eigenvalue weighted by Crippen LogP contribution is 2.25. The van der Waals surface area contributed by atoms with E-state index >= 15 is 0 Å². The first-order chi connectivity index (χ1) is 9.47. The van der Waals surface area contributed by atoms with Crippen molar-refractivity contribution >= 4 is 11.9 Å². The lowest BCUT2D eigenvalue weighted by Gasteiger charge is -1.99. The molecule has 2 aromatic carbocycles. The van der Waals surface area contributed by atoms with Crippen LogP contribution >= 0.6 is 0 Å². The second-order valence-electron chi connectivity index (χ2n) is 4.07. The van der Waals surface area contributed by atoms with Gasteiger partial charge in [-0.1, -0.05) is 12.1 Å². The van der Waals surface area contributed by atoms with Gasteiger partial charge in [0, 0.05) is 5.56 Å². The molecule has 2 aromatic rings. The maximum atomic E-state index is 13.0. The van der Waals surface area contributed by atoms with E-state index in [0.29, 0.717) is 5.56 Å². The fourth-order valence-corrected chi connectivity index (χ4v) is 1.56. The molecule has 0 aliphatic heterocycles. The van der Waals surface area contributed by atoms with Crippen molar-refractivity contribution in [2.75, 3.05) is 0 Å². The Morgan fingerprint density at radius 3 is 2.35 bits per heavy atom. The van der Waals surface area contributed by atoms with Crippen molar-refractivity contribution in [3.63, 3.8) is 0 Å². The van der Waals surface area contributed by atoms with Crippen LogP contribution in [0.5, 0.6) is 11.5 Å². The number of phenols is 2. The molecule has 0 amide bonds. The molecule has 0 aromatic heterocycles. The summed E-state index contributed by atoms with van der Waals surface area (Å²) in [5.74, 6) is -3.20. The summed E-state index contributed by atoms with van der Waals surface area (Å²) in [5, 5.41) is 18.4. The fraction of sp³-hybridized carbons (Fsp3) is 0. The van der Waals surface area contributed by atoms with E-state index in [2.05, 4.69) is 0 Å². The second kappa shape index (κ2) is 5.52. The molecule has 0 aliphatic rings. The number of ketones is 1. The van der Waals surface area contributed by atoms with Gasteiger partial charge < -0.3 is 10.2 Å². The van der Waals surface area contributed by atoms with Crippen molar-refractivity contribution in [3.8, 4) is 11.5 Å². The number of rotatable bonds is 3. The van der Waals surface area contributed by atoms with Crippen molar-refractivity contribution in [3.05, 3.63) is 65.2 Å². The number of hydrogen-bond acceptors (Lipinski definition) is 3. The number of phenolic OH excluding ortho intramolecular Hbond substituents is 2. The first kappa shape index (κ1) is 13.7. The number of carbonyl (C=O) groups excluding carboxylic acids is 1. The van der Waals surface area contributed by atoms with Crippen molar-refractivity contribution in [1.82, 2.24) is 0 Å². The van der Waals surface area contributed by atoms with Crippen LogP contribution in [0.3, 0.4) is 0 Å². The third-order valence-electron chi connectivity index (χ3n) is 2.63. The summed E-state index contributed by atoms with van der Waals surface area (Å²) >= 11 is 0. The zero-order valence-electron chi connectivity index (χ0n) is 10.2. The van der Waals surface area contributed by atoms with Gasteiger partial charge in [0.1, 0.15) is 0 Å². The number of allylic oxidation sites excluding steroid dienone is 1. The van der Waals surface area contributed by atoms with Gasteiger partial charge in [-0.15, -0.1) is 0 Å². The lowest BCUT2D eigenvalue weighted by atomic mass is 10.1. The summed E-state index contributed by atoms with van der Waals surface area (Å²) in [4.78, 5) is 11.7. The monoisotopic (exact) mass is 276 g/mol. The molecular formula is C15H10F2O3. The smallest absolute Gasteiger partial charge is 0.185 e. The van der Waals surface area contributed by atoms with Crippen LogP contribution in [0.2, 0.25) is 0 Å². The highest BCUT2D eigenvalue weighted by atomic mass is 19.2. The molecular weight excluding hydrogens is 266 g/mol. The van der Waals surface area contributed by atoms with Crippen LogP contribution in [0.15, 0.2) is 42.5 Å². The van der Waals surface area contributed by atoms with Crippen LogP contribution in [0.25, 0.3) is 6.08 Å². The maximum absolute atomic E-state index is 13.0. The average molecular weight is 276 g/mol. The molecule has 0 heterocycles. The number of hydrogen-bond donors (Lipinski definition) is 2. The van der Waals surface area contributed by atoms with Gasteiger partial charge in [0.25, 0.3) is 0 Å². The second-order valence-corrected chi connectivity index (χ2v) is 4.07. The molecule has 0 unspecified atom stereocenters. The largest absolute Gasteiger partial charge is 0.504 e. The molecule has 3 nitrogen and oxygen atoms in total. The minimum absolute atomic E-state index is 0.0168. The third kappa shape index (κ3) is 3.00. The summed E-state index contributed by atoms with van der Waals surface area (Å²) in [5.41, 5.74) is 0.499. The molecule has 102 valence electrons. The molecule has 2 rings (SSSR count). The molecule has 0 bridgehead atoms. The van der Waals surface area contributed by atoms with E-state index in [0.717, 1.165) is 12.1 Å². The predicted molar refractivity (Wildman–Crippen MR) is 69.5 cm³/mol. The van der Waals surface area contributed by atoms with E-state index in [4.69, 9.17) is 5.11 Å². The standard InChI is InChI=1S/C15H10F2O3/c16-11-4-3-10(8-12(11)17)13(18)5-1-9-2-6-14(19)15(20)7-9/h1-8,19-20H/b5-1+. The van der Waals surface area contributed by atoms with Gasteiger partial charge in [-0.3, -0.25) is 4.79 Å². The van der Waals surface area contributed by atoms with Crippen LogP contribution in [-0.4, -0.2) is 16.0 Å². The fourth-order valence-electron chi connectivity index (χ4n) is 1.56. The molecule has 0 atom stereocenters. The molecule has 0 fully saturated rings. The SMILES string of the molecule is O=C(/C=C/c1ccc(O)c(O)c1)c1ccc(F)c(F)c1. The lowest BCUT2D eigenvalue weighted by molar-refractivity contribution is 0.104. The molecule has 0 spiro atoms. The molecule has 0 saturated heterocycles. The molecule has 0 saturated carbocycles.